The van der Waals surface area contributed by atoms with Crippen LogP contribution in [0.3, 0.4) is 0 Å². The van der Waals surface area contributed by atoms with E-state index in [-0.39, 0.29) is 11.7 Å². The Balaban J connectivity index is 2.70. The number of rotatable bonds is 7. The van der Waals surface area contributed by atoms with E-state index in [0.717, 1.165) is 18.5 Å². The molecule has 0 heterocycles. The fraction of sp³-hybridized carbons (Fsp3) is 0.500. The van der Waals surface area contributed by atoms with Crippen LogP contribution in [-0.4, -0.2) is 25.6 Å². The van der Waals surface area contributed by atoms with Crippen LogP contribution in [0, 0.1) is 5.82 Å². The van der Waals surface area contributed by atoms with Crippen LogP contribution in [0.25, 0.3) is 0 Å². The van der Waals surface area contributed by atoms with E-state index in [1.807, 2.05) is 0 Å². The van der Waals surface area contributed by atoms with Crippen molar-refractivity contribution in [3.8, 4) is 5.75 Å². The molecule has 2 N–H and O–H groups in total. The maximum Gasteiger partial charge on any atom is 0.260 e. The zero-order chi connectivity index (χ0) is 14.3. The van der Waals surface area contributed by atoms with E-state index >= 15 is 0 Å². The van der Waals surface area contributed by atoms with Crippen LogP contribution in [0.4, 0.5) is 4.39 Å². The summed E-state index contributed by atoms with van der Waals surface area (Å²) < 4.78 is 18.9. The zero-order valence-corrected chi connectivity index (χ0v) is 11.6. The molecular weight excluding hydrogens is 247 g/mol. The average Bonchev–Trinajstić information content (AvgIpc) is 2.37. The van der Waals surface area contributed by atoms with Gasteiger partial charge in [0.1, 0.15) is 11.6 Å². The molecule has 0 bridgehead atoms. The number of halogens is 1. The molecule has 1 aromatic rings. The maximum absolute atomic E-state index is 13.5. The van der Waals surface area contributed by atoms with Crippen LogP contribution in [0.1, 0.15) is 25.8 Å². The molecule has 5 heteroatoms. The van der Waals surface area contributed by atoms with E-state index in [4.69, 9.17) is 4.74 Å². The Bertz CT molecular complexity index is 424. The number of hydrogen-bond acceptors (Lipinski definition) is 3. The molecule has 1 amide bonds. The Morgan fingerprint density at radius 3 is 2.79 bits per heavy atom. The van der Waals surface area contributed by atoms with Gasteiger partial charge in [-0.1, -0.05) is 6.92 Å². The molecule has 0 aromatic heterocycles. The predicted octanol–water partition coefficient (Wildman–Crippen LogP) is 1.84. The maximum atomic E-state index is 13.5. The fourth-order valence-corrected chi connectivity index (χ4v) is 1.66. The van der Waals surface area contributed by atoms with Crippen LogP contribution in [0.2, 0.25) is 0 Å². The Morgan fingerprint density at radius 1 is 1.42 bits per heavy atom. The number of hydrogen-bond donors (Lipinski definition) is 2. The number of carbonyl (C=O) groups is 1. The van der Waals surface area contributed by atoms with Crippen molar-refractivity contribution in [3.05, 3.63) is 29.6 Å². The molecule has 0 saturated carbocycles. The third kappa shape index (κ3) is 5.26. The SMILES string of the molecule is CCCNCc1cc(F)cc(OC(C)C(=O)NC)c1. The summed E-state index contributed by atoms with van der Waals surface area (Å²) in [6.45, 7) is 5.15. The summed E-state index contributed by atoms with van der Waals surface area (Å²) in [5, 5.41) is 5.68. The number of nitrogens with one attached hydrogen (secondary N) is 2. The topological polar surface area (TPSA) is 50.4 Å². The summed E-state index contributed by atoms with van der Waals surface area (Å²) in [6.07, 6.45) is 0.370. The first-order chi connectivity index (χ1) is 9.06. The van der Waals surface area contributed by atoms with Gasteiger partial charge in [0.2, 0.25) is 0 Å². The van der Waals surface area contributed by atoms with E-state index in [9.17, 15) is 9.18 Å². The average molecular weight is 268 g/mol. The molecule has 0 saturated heterocycles. The Labute approximate surface area is 113 Å². The lowest BCUT2D eigenvalue weighted by molar-refractivity contribution is -0.126. The van der Waals surface area contributed by atoms with Gasteiger partial charge >= 0.3 is 0 Å². The van der Waals surface area contributed by atoms with E-state index in [1.54, 1.807) is 13.0 Å². The van der Waals surface area contributed by atoms with Gasteiger partial charge in [0.15, 0.2) is 6.10 Å². The van der Waals surface area contributed by atoms with Gasteiger partial charge in [-0.05, 0) is 37.6 Å². The highest BCUT2D eigenvalue weighted by Crippen LogP contribution is 2.18. The highest BCUT2D eigenvalue weighted by molar-refractivity contribution is 5.80. The lowest BCUT2D eigenvalue weighted by Crippen LogP contribution is -2.33. The van der Waals surface area contributed by atoms with Crippen molar-refractivity contribution >= 4 is 5.91 Å². The van der Waals surface area contributed by atoms with Crippen molar-refractivity contribution in [3.63, 3.8) is 0 Å². The molecular formula is C14H21FN2O2. The Morgan fingerprint density at radius 2 is 2.16 bits per heavy atom. The summed E-state index contributed by atoms with van der Waals surface area (Å²) in [4.78, 5) is 11.4. The number of ether oxygens (including phenoxy) is 1. The second kappa shape index (κ2) is 7.74. The second-order valence-corrected chi connectivity index (χ2v) is 4.35. The fourth-order valence-electron chi connectivity index (χ4n) is 1.66. The smallest absolute Gasteiger partial charge is 0.260 e. The molecule has 1 atom stereocenters. The van der Waals surface area contributed by atoms with Gasteiger partial charge in [0.25, 0.3) is 5.91 Å². The first kappa shape index (κ1) is 15.4. The molecule has 1 unspecified atom stereocenters. The van der Waals surface area contributed by atoms with Gasteiger partial charge in [-0.15, -0.1) is 0 Å². The quantitative estimate of drug-likeness (QED) is 0.742. The number of carbonyl (C=O) groups excluding carboxylic acids is 1. The molecule has 0 radical (unpaired) electrons. The van der Waals surface area contributed by atoms with Crippen LogP contribution >= 0.6 is 0 Å². The van der Waals surface area contributed by atoms with Crippen LogP contribution < -0.4 is 15.4 Å². The minimum atomic E-state index is -0.650. The summed E-state index contributed by atoms with van der Waals surface area (Å²) >= 11 is 0. The molecule has 19 heavy (non-hydrogen) atoms. The standard InChI is InChI=1S/C14H21FN2O2/c1-4-5-17-9-11-6-12(15)8-13(7-11)19-10(2)14(18)16-3/h6-8,10,17H,4-5,9H2,1-3H3,(H,16,18). The normalized spacial score (nSPS) is 12.0. The van der Waals surface area contributed by atoms with E-state index in [0.29, 0.717) is 12.3 Å². The largest absolute Gasteiger partial charge is 0.481 e. The molecule has 0 aliphatic heterocycles. The van der Waals surface area contributed by atoms with Crippen molar-refractivity contribution in [2.75, 3.05) is 13.6 Å². The lowest BCUT2D eigenvalue weighted by Gasteiger charge is -2.14. The minimum Gasteiger partial charge on any atom is -0.481 e. The van der Waals surface area contributed by atoms with Gasteiger partial charge in [0.05, 0.1) is 0 Å². The number of amides is 1. The first-order valence-corrected chi connectivity index (χ1v) is 6.45. The molecule has 0 aliphatic rings. The molecule has 106 valence electrons. The molecule has 0 spiro atoms. The van der Waals surface area contributed by atoms with Gasteiger partial charge in [-0.25, -0.2) is 4.39 Å². The summed E-state index contributed by atoms with van der Waals surface area (Å²) in [7, 11) is 1.54. The molecule has 4 nitrogen and oxygen atoms in total. The van der Waals surface area contributed by atoms with Gasteiger partial charge < -0.3 is 15.4 Å². The Hall–Kier alpha value is -1.62. The Kier molecular flexibility index (Phi) is 6.29. The van der Waals surface area contributed by atoms with E-state index < -0.39 is 6.10 Å². The zero-order valence-electron chi connectivity index (χ0n) is 11.6. The highest BCUT2D eigenvalue weighted by Gasteiger charge is 2.13. The highest BCUT2D eigenvalue weighted by atomic mass is 19.1. The summed E-state index contributed by atoms with van der Waals surface area (Å²) in [5.41, 5.74) is 0.799. The van der Waals surface area contributed by atoms with Crippen LogP contribution in [-0.2, 0) is 11.3 Å². The first-order valence-electron chi connectivity index (χ1n) is 6.45. The summed E-state index contributed by atoms with van der Waals surface area (Å²) in [5.74, 6) is -0.241. The van der Waals surface area contributed by atoms with E-state index in [1.165, 1.54) is 19.2 Å². The van der Waals surface area contributed by atoms with Gasteiger partial charge in [0, 0.05) is 19.7 Å². The van der Waals surface area contributed by atoms with Crippen molar-refractivity contribution in [2.24, 2.45) is 0 Å². The van der Waals surface area contributed by atoms with Crippen molar-refractivity contribution in [1.82, 2.24) is 10.6 Å². The lowest BCUT2D eigenvalue weighted by atomic mass is 10.2. The third-order valence-corrected chi connectivity index (χ3v) is 2.62. The van der Waals surface area contributed by atoms with Crippen LogP contribution in [0.15, 0.2) is 18.2 Å². The third-order valence-electron chi connectivity index (χ3n) is 2.62. The number of benzene rings is 1. The van der Waals surface area contributed by atoms with Gasteiger partial charge in [-0.3, -0.25) is 4.79 Å². The molecule has 0 fully saturated rings. The molecule has 1 aromatic carbocycles. The van der Waals surface area contributed by atoms with Crippen LogP contribution in [0.5, 0.6) is 5.75 Å². The predicted molar refractivity (Wildman–Crippen MR) is 72.6 cm³/mol. The summed E-state index contributed by atoms with van der Waals surface area (Å²) in [6, 6.07) is 4.48. The van der Waals surface area contributed by atoms with E-state index in [2.05, 4.69) is 17.6 Å². The molecule has 1 rings (SSSR count). The number of likely N-dealkylation sites (N-methyl/N-ethyl adjacent to an activating group) is 1. The van der Waals surface area contributed by atoms with Gasteiger partial charge in [-0.2, -0.15) is 0 Å². The molecule has 0 aliphatic carbocycles. The minimum absolute atomic E-state index is 0.241. The second-order valence-electron chi connectivity index (χ2n) is 4.35. The monoisotopic (exact) mass is 268 g/mol. The van der Waals surface area contributed by atoms with Crippen molar-refractivity contribution < 1.29 is 13.9 Å². The van der Waals surface area contributed by atoms with Crippen molar-refractivity contribution in [1.29, 1.82) is 0 Å². The van der Waals surface area contributed by atoms with Crippen molar-refractivity contribution in [2.45, 2.75) is 32.9 Å².